The molecule has 0 unspecified atom stereocenters. The minimum Gasteiger partial charge on any atom is -0.458 e. The van der Waals surface area contributed by atoms with E-state index in [1.807, 2.05) is 12.1 Å². The number of nitrogens with one attached hydrogen (secondary N) is 1. The first-order valence-corrected chi connectivity index (χ1v) is 6.93. The molecule has 0 radical (unpaired) electrons. The van der Waals surface area contributed by atoms with Gasteiger partial charge in [0.05, 0.1) is 0 Å². The predicted octanol–water partition coefficient (Wildman–Crippen LogP) is 2.21. The Bertz CT molecular complexity index is 615. The molecule has 1 aromatic carbocycles. The molecule has 0 atom stereocenters. The third kappa shape index (κ3) is 4.07. The summed E-state index contributed by atoms with van der Waals surface area (Å²) in [5, 5.41) is 3.33. The van der Waals surface area contributed by atoms with Crippen LogP contribution in [0.3, 0.4) is 0 Å². The molecule has 1 aliphatic rings. The number of benzene rings is 1. The monoisotopic (exact) mass is 284 g/mol. The largest absolute Gasteiger partial charge is 0.458 e. The summed E-state index contributed by atoms with van der Waals surface area (Å²) >= 11 is 0. The molecule has 0 aromatic heterocycles. The fraction of sp³-hybridized carbons (Fsp3) is 0.235. The molecule has 0 saturated heterocycles. The summed E-state index contributed by atoms with van der Waals surface area (Å²) in [5.41, 5.74) is 8.26. The Morgan fingerprint density at radius 1 is 1.38 bits per heavy atom. The van der Waals surface area contributed by atoms with E-state index in [1.165, 1.54) is 11.1 Å². The van der Waals surface area contributed by atoms with Crippen molar-refractivity contribution in [2.24, 2.45) is 5.73 Å². The molecule has 1 heterocycles. The SMILES string of the molecule is C=C(/C=C\C(=C/C)C(N)=O)Oc1ccc2c(c1)CCNC2. The van der Waals surface area contributed by atoms with Crippen LogP contribution in [0.4, 0.5) is 0 Å². The van der Waals surface area contributed by atoms with Crippen LogP contribution in [0.5, 0.6) is 5.75 Å². The Labute approximate surface area is 125 Å². The Morgan fingerprint density at radius 2 is 2.19 bits per heavy atom. The quantitative estimate of drug-likeness (QED) is 0.495. The third-order valence-electron chi connectivity index (χ3n) is 3.36. The molecule has 1 amide bonds. The van der Waals surface area contributed by atoms with Gasteiger partial charge in [-0.15, -0.1) is 0 Å². The number of hydrogen-bond acceptors (Lipinski definition) is 3. The Kier molecular flexibility index (Phi) is 4.95. The molecule has 4 nitrogen and oxygen atoms in total. The molecule has 4 heteroatoms. The van der Waals surface area contributed by atoms with Gasteiger partial charge >= 0.3 is 0 Å². The average molecular weight is 284 g/mol. The third-order valence-corrected chi connectivity index (χ3v) is 3.36. The summed E-state index contributed by atoms with van der Waals surface area (Å²) in [4.78, 5) is 11.1. The molecule has 1 aromatic rings. The molecule has 110 valence electrons. The standard InChI is InChI=1S/C17H20N2O2/c1-3-13(17(18)20)5-4-12(2)21-16-7-6-15-11-19-9-8-14(15)10-16/h3-7,10,19H,2,8-9,11H2,1H3,(H2,18,20)/b5-4-,13-3+. The fourth-order valence-electron chi connectivity index (χ4n) is 2.21. The van der Waals surface area contributed by atoms with Crippen LogP contribution in [-0.4, -0.2) is 12.5 Å². The molecule has 21 heavy (non-hydrogen) atoms. The summed E-state index contributed by atoms with van der Waals surface area (Å²) in [6.07, 6.45) is 5.89. The number of carbonyl (C=O) groups excluding carboxylic acids is 1. The number of carbonyl (C=O) groups is 1. The van der Waals surface area contributed by atoms with E-state index in [0.717, 1.165) is 25.3 Å². The lowest BCUT2D eigenvalue weighted by atomic mass is 10.0. The summed E-state index contributed by atoms with van der Waals surface area (Å²) < 4.78 is 5.67. The molecule has 2 rings (SSSR count). The molecule has 0 spiro atoms. The van der Waals surface area contributed by atoms with Gasteiger partial charge in [-0.05, 0) is 55.3 Å². The lowest BCUT2D eigenvalue weighted by Gasteiger charge is -2.17. The first-order valence-electron chi connectivity index (χ1n) is 6.93. The average Bonchev–Trinajstić information content (AvgIpc) is 2.47. The normalized spacial score (nSPS) is 14.8. The fourth-order valence-corrected chi connectivity index (χ4v) is 2.21. The second kappa shape index (κ2) is 6.90. The molecule has 0 saturated carbocycles. The van der Waals surface area contributed by atoms with Gasteiger partial charge in [-0.2, -0.15) is 0 Å². The minimum absolute atomic E-state index is 0.427. The van der Waals surface area contributed by atoms with Crippen molar-refractivity contribution in [2.45, 2.75) is 19.9 Å². The van der Waals surface area contributed by atoms with E-state index in [9.17, 15) is 4.79 Å². The maximum atomic E-state index is 11.1. The van der Waals surface area contributed by atoms with E-state index in [0.29, 0.717) is 11.3 Å². The van der Waals surface area contributed by atoms with Gasteiger partial charge in [-0.1, -0.05) is 18.7 Å². The topological polar surface area (TPSA) is 64.4 Å². The number of primary amides is 1. The van der Waals surface area contributed by atoms with Gasteiger partial charge in [-0.3, -0.25) is 4.79 Å². The smallest absolute Gasteiger partial charge is 0.248 e. The highest BCUT2D eigenvalue weighted by molar-refractivity contribution is 5.94. The van der Waals surface area contributed by atoms with Gasteiger partial charge in [0.15, 0.2) is 0 Å². The van der Waals surface area contributed by atoms with Crippen LogP contribution >= 0.6 is 0 Å². The minimum atomic E-state index is -0.470. The zero-order chi connectivity index (χ0) is 15.2. The number of fused-ring (bicyclic) bond motifs is 1. The van der Waals surface area contributed by atoms with Crippen LogP contribution in [0.1, 0.15) is 18.1 Å². The maximum Gasteiger partial charge on any atom is 0.248 e. The summed E-state index contributed by atoms with van der Waals surface area (Å²) in [6, 6.07) is 6.03. The molecule has 0 aliphatic carbocycles. The number of amides is 1. The summed E-state index contributed by atoms with van der Waals surface area (Å²) in [5.74, 6) is 0.749. The molecule has 0 fully saturated rings. The van der Waals surface area contributed by atoms with Gasteiger partial charge in [-0.25, -0.2) is 0 Å². The van der Waals surface area contributed by atoms with Crippen LogP contribution in [-0.2, 0) is 17.8 Å². The Balaban J connectivity index is 2.03. The van der Waals surface area contributed by atoms with E-state index in [4.69, 9.17) is 10.5 Å². The van der Waals surface area contributed by atoms with Gasteiger partial charge in [0, 0.05) is 12.1 Å². The predicted molar refractivity (Wildman–Crippen MR) is 83.7 cm³/mol. The van der Waals surface area contributed by atoms with Gasteiger partial charge < -0.3 is 15.8 Å². The van der Waals surface area contributed by atoms with E-state index in [2.05, 4.69) is 18.0 Å². The van der Waals surface area contributed by atoms with Gasteiger partial charge in [0.2, 0.25) is 5.91 Å². The van der Waals surface area contributed by atoms with E-state index in [-0.39, 0.29) is 0 Å². The number of nitrogens with two attached hydrogens (primary N) is 1. The van der Waals surface area contributed by atoms with Gasteiger partial charge in [0.1, 0.15) is 11.5 Å². The lowest BCUT2D eigenvalue weighted by Crippen LogP contribution is -2.23. The first kappa shape index (κ1) is 15.1. The van der Waals surface area contributed by atoms with Crippen molar-refractivity contribution >= 4 is 5.91 Å². The summed E-state index contributed by atoms with van der Waals surface area (Å²) in [6.45, 7) is 7.47. The molecular formula is C17H20N2O2. The number of allylic oxidation sites excluding steroid dienone is 2. The second-order valence-corrected chi connectivity index (χ2v) is 4.87. The zero-order valence-corrected chi connectivity index (χ0v) is 12.2. The Morgan fingerprint density at radius 3 is 2.90 bits per heavy atom. The maximum absolute atomic E-state index is 11.1. The van der Waals surface area contributed by atoms with Crippen LogP contribution < -0.4 is 15.8 Å². The Hall–Kier alpha value is -2.33. The zero-order valence-electron chi connectivity index (χ0n) is 12.2. The van der Waals surface area contributed by atoms with Crippen LogP contribution in [0.15, 0.2) is 54.3 Å². The van der Waals surface area contributed by atoms with E-state index < -0.39 is 5.91 Å². The highest BCUT2D eigenvalue weighted by Crippen LogP contribution is 2.22. The molecule has 0 bridgehead atoms. The van der Waals surface area contributed by atoms with Crippen molar-refractivity contribution in [2.75, 3.05) is 6.54 Å². The van der Waals surface area contributed by atoms with E-state index in [1.54, 1.807) is 25.2 Å². The number of ether oxygens (including phenoxy) is 1. The molecular weight excluding hydrogens is 264 g/mol. The molecule has 1 aliphatic heterocycles. The highest BCUT2D eigenvalue weighted by atomic mass is 16.5. The van der Waals surface area contributed by atoms with Gasteiger partial charge in [0.25, 0.3) is 0 Å². The summed E-state index contributed by atoms with van der Waals surface area (Å²) in [7, 11) is 0. The van der Waals surface area contributed by atoms with E-state index >= 15 is 0 Å². The van der Waals surface area contributed by atoms with Crippen molar-refractivity contribution < 1.29 is 9.53 Å². The lowest BCUT2D eigenvalue weighted by molar-refractivity contribution is -0.114. The van der Waals surface area contributed by atoms with Crippen molar-refractivity contribution in [3.63, 3.8) is 0 Å². The van der Waals surface area contributed by atoms with Crippen molar-refractivity contribution in [3.05, 3.63) is 65.5 Å². The first-order chi connectivity index (χ1) is 10.1. The number of rotatable bonds is 5. The van der Waals surface area contributed by atoms with Crippen LogP contribution in [0.25, 0.3) is 0 Å². The van der Waals surface area contributed by atoms with Crippen molar-refractivity contribution in [1.29, 1.82) is 0 Å². The van der Waals surface area contributed by atoms with Crippen LogP contribution in [0.2, 0.25) is 0 Å². The van der Waals surface area contributed by atoms with Crippen molar-refractivity contribution in [1.82, 2.24) is 5.32 Å². The van der Waals surface area contributed by atoms with Crippen LogP contribution in [0, 0.1) is 0 Å². The second-order valence-electron chi connectivity index (χ2n) is 4.87. The highest BCUT2D eigenvalue weighted by Gasteiger charge is 2.09. The van der Waals surface area contributed by atoms with Crippen molar-refractivity contribution in [3.8, 4) is 5.75 Å². The number of hydrogen-bond donors (Lipinski definition) is 2. The molecule has 3 N–H and O–H groups in total.